The zero-order chi connectivity index (χ0) is 16.2. The molecule has 0 saturated carbocycles. The fraction of sp³-hybridized carbons (Fsp3) is 0.188. The first-order chi connectivity index (χ1) is 11.2. The number of hydrogen-bond donors (Lipinski definition) is 1. The molecule has 0 fully saturated rings. The predicted octanol–water partition coefficient (Wildman–Crippen LogP) is 3.77. The predicted molar refractivity (Wildman–Crippen MR) is 92.1 cm³/mol. The van der Waals surface area contributed by atoms with Crippen LogP contribution in [0.1, 0.15) is 27.6 Å². The molecular formula is C16H15N3O2S2. The lowest BCUT2D eigenvalue weighted by atomic mass is 10.2. The number of amides is 1. The van der Waals surface area contributed by atoms with Gasteiger partial charge < -0.3 is 10.1 Å². The van der Waals surface area contributed by atoms with Crippen LogP contribution in [-0.4, -0.2) is 23.0 Å². The first-order valence-corrected chi connectivity index (χ1v) is 8.72. The minimum absolute atomic E-state index is 0.119. The highest BCUT2D eigenvalue weighted by atomic mass is 32.1. The number of methoxy groups -OCH3 is 1. The molecule has 1 atom stereocenters. The van der Waals surface area contributed by atoms with Crippen LogP contribution in [0.2, 0.25) is 0 Å². The summed E-state index contributed by atoms with van der Waals surface area (Å²) in [6.45, 7) is 1.93. The Balaban J connectivity index is 1.70. The Morgan fingerprint density at radius 3 is 2.74 bits per heavy atom. The van der Waals surface area contributed by atoms with Gasteiger partial charge in [0, 0.05) is 34.8 Å². The average molecular weight is 345 g/mol. The number of nitrogens with one attached hydrogen (secondary N) is 1. The number of carbonyl (C=O) groups is 1. The van der Waals surface area contributed by atoms with Crippen LogP contribution in [0.25, 0.3) is 11.3 Å². The molecule has 0 aromatic carbocycles. The van der Waals surface area contributed by atoms with Crippen LogP contribution in [0.4, 0.5) is 0 Å². The molecule has 1 amide bonds. The Morgan fingerprint density at radius 1 is 1.26 bits per heavy atom. The van der Waals surface area contributed by atoms with Gasteiger partial charge in [-0.25, -0.2) is 4.98 Å². The van der Waals surface area contributed by atoms with Gasteiger partial charge in [-0.05, 0) is 19.1 Å². The summed E-state index contributed by atoms with van der Waals surface area (Å²) in [7, 11) is 1.59. The second-order valence-electron chi connectivity index (χ2n) is 4.85. The van der Waals surface area contributed by atoms with Crippen molar-refractivity contribution in [1.29, 1.82) is 0 Å². The highest BCUT2D eigenvalue weighted by Crippen LogP contribution is 2.26. The second kappa shape index (κ2) is 6.89. The van der Waals surface area contributed by atoms with Crippen molar-refractivity contribution >= 4 is 28.6 Å². The first-order valence-electron chi connectivity index (χ1n) is 6.96. The van der Waals surface area contributed by atoms with Crippen LogP contribution < -0.4 is 10.1 Å². The number of hydrogen-bond acceptors (Lipinski definition) is 6. The monoisotopic (exact) mass is 345 g/mol. The lowest BCUT2D eigenvalue weighted by Crippen LogP contribution is -2.25. The quantitative estimate of drug-likeness (QED) is 0.764. The maximum absolute atomic E-state index is 12.2. The highest BCUT2D eigenvalue weighted by Gasteiger charge is 2.16. The molecule has 0 bridgehead atoms. The van der Waals surface area contributed by atoms with Gasteiger partial charge in [0.2, 0.25) is 0 Å². The largest absolute Gasteiger partial charge is 0.496 e. The van der Waals surface area contributed by atoms with Crippen molar-refractivity contribution in [1.82, 2.24) is 15.3 Å². The summed E-state index contributed by atoms with van der Waals surface area (Å²) in [4.78, 5) is 21.5. The minimum atomic E-state index is -0.156. The molecule has 0 aliphatic carbocycles. The molecular weight excluding hydrogens is 330 g/mol. The van der Waals surface area contributed by atoms with Crippen LogP contribution in [0, 0.1) is 0 Å². The fourth-order valence-corrected chi connectivity index (χ4v) is 3.61. The van der Waals surface area contributed by atoms with E-state index in [2.05, 4.69) is 15.3 Å². The van der Waals surface area contributed by atoms with Crippen molar-refractivity contribution in [3.05, 3.63) is 51.2 Å². The van der Waals surface area contributed by atoms with Crippen LogP contribution >= 0.6 is 22.7 Å². The van der Waals surface area contributed by atoms with E-state index in [1.54, 1.807) is 25.6 Å². The zero-order valence-corrected chi connectivity index (χ0v) is 14.3. The Hall–Kier alpha value is -2.25. The van der Waals surface area contributed by atoms with E-state index < -0.39 is 0 Å². The lowest BCUT2D eigenvalue weighted by Gasteiger charge is -2.10. The zero-order valence-electron chi connectivity index (χ0n) is 12.6. The molecule has 0 saturated heterocycles. The van der Waals surface area contributed by atoms with Gasteiger partial charge in [0.25, 0.3) is 5.91 Å². The highest BCUT2D eigenvalue weighted by molar-refractivity contribution is 7.12. The van der Waals surface area contributed by atoms with E-state index in [9.17, 15) is 4.79 Å². The van der Waals surface area contributed by atoms with E-state index in [-0.39, 0.29) is 11.9 Å². The van der Waals surface area contributed by atoms with E-state index in [1.807, 2.05) is 29.8 Å². The topological polar surface area (TPSA) is 64.1 Å². The molecule has 0 aliphatic rings. The number of nitrogens with zero attached hydrogens (tertiary/aromatic N) is 2. The number of pyridine rings is 1. The average Bonchev–Trinajstić information content (AvgIpc) is 3.25. The van der Waals surface area contributed by atoms with Crippen molar-refractivity contribution in [2.75, 3.05) is 7.11 Å². The van der Waals surface area contributed by atoms with Crippen molar-refractivity contribution in [3.8, 4) is 17.0 Å². The van der Waals surface area contributed by atoms with Gasteiger partial charge in [0.1, 0.15) is 10.8 Å². The second-order valence-corrected chi connectivity index (χ2v) is 6.65. The standard InChI is InChI=1S/C16H15N3O2S2/c1-10(18-15(20)14-7-12(21-2)8-22-14)16-19-13(9-23-16)11-3-5-17-6-4-11/h3-10H,1-2H3,(H,18,20)/t10-/m1/s1. The van der Waals surface area contributed by atoms with Gasteiger partial charge >= 0.3 is 0 Å². The van der Waals surface area contributed by atoms with E-state index in [0.717, 1.165) is 16.3 Å². The fourth-order valence-electron chi connectivity index (χ4n) is 2.02. The molecule has 3 rings (SSSR count). The maximum Gasteiger partial charge on any atom is 0.262 e. The smallest absolute Gasteiger partial charge is 0.262 e. The molecule has 0 radical (unpaired) electrons. The van der Waals surface area contributed by atoms with E-state index in [0.29, 0.717) is 10.6 Å². The third kappa shape index (κ3) is 3.57. The number of thiazole rings is 1. The molecule has 5 nitrogen and oxygen atoms in total. The maximum atomic E-state index is 12.2. The molecule has 3 heterocycles. The summed E-state index contributed by atoms with van der Waals surface area (Å²) in [5, 5.41) is 7.63. The Bertz CT molecular complexity index is 799. The molecule has 1 N–H and O–H groups in total. The molecule has 0 unspecified atom stereocenters. The molecule has 0 spiro atoms. The van der Waals surface area contributed by atoms with Crippen LogP contribution in [0.5, 0.6) is 5.75 Å². The number of aromatic nitrogens is 2. The lowest BCUT2D eigenvalue weighted by molar-refractivity contribution is 0.0943. The van der Waals surface area contributed by atoms with Gasteiger partial charge in [-0.1, -0.05) is 0 Å². The Kier molecular flexibility index (Phi) is 4.68. The van der Waals surface area contributed by atoms with Crippen molar-refractivity contribution in [2.24, 2.45) is 0 Å². The molecule has 23 heavy (non-hydrogen) atoms. The van der Waals surface area contributed by atoms with Gasteiger partial charge in [0.05, 0.1) is 23.7 Å². The minimum Gasteiger partial charge on any atom is -0.496 e. The number of rotatable bonds is 5. The van der Waals surface area contributed by atoms with Crippen molar-refractivity contribution in [2.45, 2.75) is 13.0 Å². The van der Waals surface area contributed by atoms with Gasteiger partial charge in [-0.2, -0.15) is 0 Å². The first kappa shape index (κ1) is 15.6. The van der Waals surface area contributed by atoms with Gasteiger partial charge in [-0.15, -0.1) is 22.7 Å². The third-order valence-corrected chi connectivity index (χ3v) is 5.19. The van der Waals surface area contributed by atoms with Gasteiger partial charge in [-0.3, -0.25) is 9.78 Å². The number of carbonyl (C=O) groups excluding carboxylic acids is 1. The molecule has 7 heteroatoms. The summed E-state index contributed by atoms with van der Waals surface area (Å²) in [6.07, 6.45) is 3.48. The van der Waals surface area contributed by atoms with E-state index in [4.69, 9.17) is 4.74 Å². The third-order valence-electron chi connectivity index (χ3n) is 3.25. The summed E-state index contributed by atoms with van der Waals surface area (Å²) >= 11 is 2.89. The SMILES string of the molecule is COc1csc(C(=O)N[C@H](C)c2nc(-c3ccncc3)cs2)c1. The van der Waals surface area contributed by atoms with E-state index in [1.165, 1.54) is 22.7 Å². The van der Waals surface area contributed by atoms with Crippen LogP contribution in [-0.2, 0) is 0 Å². The summed E-state index contributed by atoms with van der Waals surface area (Å²) in [6, 6.07) is 5.41. The Labute approximate surface area is 142 Å². The summed E-state index contributed by atoms with van der Waals surface area (Å²) < 4.78 is 5.10. The Morgan fingerprint density at radius 2 is 2.04 bits per heavy atom. The summed E-state index contributed by atoms with van der Waals surface area (Å²) in [5.41, 5.74) is 1.91. The molecule has 3 aromatic heterocycles. The molecule has 0 aliphatic heterocycles. The summed E-state index contributed by atoms with van der Waals surface area (Å²) in [5.74, 6) is 0.577. The van der Waals surface area contributed by atoms with Crippen molar-refractivity contribution < 1.29 is 9.53 Å². The van der Waals surface area contributed by atoms with Gasteiger partial charge in [0.15, 0.2) is 0 Å². The number of thiophene rings is 1. The van der Waals surface area contributed by atoms with Crippen molar-refractivity contribution in [3.63, 3.8) is 0 Å². The van der Waals surface area contributed by atoms with E-state index >= 15 is 0 Å². The molecule has 3 aromatic rings. The van der Waals surface area contributed by atoms with Crippen LogP contribution in [0.15, 0.2) is 41.4 Å². The molecule has 118 valence electrons. The normalized spacial score (nSPS) is 11.9. The van der Waals surface area contributed by atoms with Crippen LogP contribution in [0.3, 0.4) is 0 Å². The number of ether oxygens (including phenoxy) is 1.